The Morgan fingerprint density at radius 1 is 1.43 bits per heavy atom. The Morgan fingerprint density at radius 3 is 2.83 bits per heavy atom. The molecule has 0 radical (unpaired) electrons. The lowest BCUT2D eigenvalue weighted by molar-refractivity contribution is 0.181. The largest absolute Gasteiger partial charge is 0.492 e. The maximum Gasteiger partial charge on any atom is 0.317 e. The highest BCUT2D eigenvalue weighted by atomic mass is 32.2. The van der Waals surface area contributed by atoms with Gasteiger partial charge in [-0.15, -0.1) is 0 Å². The number of hydrogen-bond acceptors (Lipinski definition) is 4. The van der Waals surface area contributed by atoms with Crippen LogP contribution in [0, 0.1) is 6.92 Å². The van der Waals surface area contributed by atoms with Crippen LogP contribution < -0.4 is 10.1 Å². The van der Waals surface area contributed by atoms with E-state index in [1.807, 2.05) is 38.1 Å². The van der Waals surface area contributed by atoms with Crippen molar-refractivity contribution in [3.05, 3.63) is 29.8 Å². The second-order valence-corrected chi connectivity index (χ2v) is 7.97. The van der Waals surface area contributed by atoms with Crippen molar-refractivity contribution in [3.8, 4) is 5.75 Å². The lowest BCUT2D eigenvalue weighted by Gasteiger charge is -2.27. The molecule has 1 aliphatic heterocycles. The number of benzene rings is 1. The molecule has 1 heterocycles. The number of nitrogens with one attached hydrogen (secondary N) is 1. The minimum Gasteiger partial charge on any atom is -0.492 e. The van der Waals surface area contributed by atoms with Gasteiger partial charge in [0.1, 0.15) is 12.4 Å². The minimum absolute atomic E-state index is 0.0635. The molecule has 7 heteroatoms. The SMILES string of the molecule is CCN(C(=O)NCCOc1cccc(C)c1)C1CCS(=O)(=O)C1. The summed E-state index contributed by atoms with van der Waals surface area (Å²) in [5, 5.41) is 2.79. The third-order valence-corrected chi connectivity index (χ3v) is 5.64. The van der Waals surface area contributed by atoms with Crippen molar-refractivity contribution in [1.82, 2.24) is 10.2 Å². The van der Waals surface area contributed by atoms with Crippen LogP contribution in [0.3, 0.4) is 0 Å². The summed E-state index contributed by atoms with van der Waals surface area (Å²) in [6.07, 6.45) is 0.517. The van der Waals surface area contributed by atoms with Crippen LogP contribution in [0.15, 0.2) is 24.3 Å². The fourth-order valence-corrected chi connectivity index (χ4v) is 4.45. The van der Waals surface area contributed by atoms with Crippen LogP contribution in [0.4, 0.5) is 4.79 Å². The number of hydrogen-bond donors (Lipinski definition) is 1. The molecule has 6 nitrogen and oxygen atoms in total. The van der Waals surface area contributed by atoms with Gasteiger partial charge in [-0.25, -0.2) is 13.2 Å². The van der Waals surface area contributed by atoms with Crippen molar-refractivity contribution in [2.24, 2.45) is 0 Å². The zero-order valence-corrected chi connectivity index (χ0v) is 14.4. The average Bonchev–Trinajstić information content (AvgIpc) is 2.84. The molecule has 1 atom stereocenters. The molecule has 0 aliphatic carbocycles. The number of urea groups is 1. The molecule has 0 bridgehead atoms. The molecule has 1 aromatic rings. The molecule has 0 aromatic heterocycles. The van der Waals surface area contributed by atoms with Gasteiger partial charge in [-0.3, -0.25) is 0 Å². The first-order valence-corrected chi connectivity index (χ1v) is 9.68. The minimum atomic E-state index is -3.00. The molecular formula is C16H24N2O4S. The number of nitrogens with zero attached hydrogens (tertiary/aromatic N) is 1. The number of aryl methyl sites for hydroxylation is 1. The number of amides is 2. The van der Waals surface area contributed by atoms with E-state index >= 15 is 0 Å². The van der Waals surface area contributed by atoms with E-state index in [-0.39, 0.29) is 23.6 Å². The first kappa shape index (κ1) is 17.6. The van der Waals surface area contributed by atoms with Gasteiger partial charge < -0.3 is 15.0 Å². The maximum absolute atomic E-state index is 12.2. The number of carbonyl (C=O) groups excluding carboxylic acids is 1. The standard InChI is InChI=1S/C16H24N2O4S/c1-3-18(14-7-10-23(20,21)12-14)16(19)17-8-9-22-15-6-4-5-13(2)11-15/h4-6,11,14H,3,7-10,12H2,1-2H3,(H,17,19). The molecule has 1 N–H and O–H groups in total. The van der Waals surface area contributed by atoms with Crippen molar-refractivity contribution in [2.75, 3.05) is 31.2 Å². The zero-order chi connectivity index (χ0) is 16.9. The lowest BCUT2D eigenvalue weighted by atomic mass is 10.2. The highest BCUT2D eigenvalue weighted by molar-refractivity contribution is 7.91. The molecular weight excluding hydrogens is 316 g/mol. The van der Waals surface area contributed by atoms with Crippen molar-refractivity contribution < 1.29 is 17.9 Å². The molecule has 1 aliphatic rings. The molecule has 1 saturated heterocycles. The number of rotatable bonds is 6. The van der Waals surface area contributed by atoms with E-state index in [9.17, 15) is 13.2 Å². The van der Waals surface area contributed by atoms with Crippen LogP contribution in [0.25, 0.3) is 0 Å². The van der Waals surface area contributed by atoms with Crippen LogP contribution in [-0.2, 0) is 9.84 Å². The Balaban J connectivity index is 1.77. The summed E-state index contributed by atoms with van der Waals surface area (Å²) in [5.74, 6) is 1.000. The van der Waals surface area contributed by atoms with Gasteiger partial charge in [0.05, 0.1) is 18.1 Å². The number of carbonyl (C=O) groups is 1. The summed E-state index contributed by atoms with van der Waals surface area (Å²) in [6, 6.07) is 7.26. The fourth-order valence-electron chi connectivity index (χ4n) is 2.72. The molecule has 1 unspecified atom stereocenters. The molecule has 1 aromatic carbocycles. The van der Waals surface area contributed by atoms with Crippen molar-refractivity contribution in [3.63, 3.8) is 0 Å². The van der Waals surface area contributed by atoms with Gasteiger partial charge in [-0.05, 0) is 38.0 Å². The second kappa shape index (κ2) is 7.68. The normalized spacial score (nSPS) is 19.3. The number of ether oxygens (including phenoxy) is 1. The van der Waals surface area contributed by atoms with Gasteiger partial charge in [0, 0.05) is 12.6 Å². The monoisotopic (exact) mass is 340 g/mol. The van der Waals surface area contributed by atoms with E-state index in [2.05, 4.69) is 5.32 Å². The Hall–Kier alpha value is -1.76. The molecule has 2 rings (SSSR count). The van der Waals surface area contributed by atoms with E-state index in [0.29, 0.717) is 26.1 Å². The van der Waals surface area contributed by atoms with Gasteiger partial charge in [0.15, 0.2) is 9.84 Å². The Morgan fingerprint density at radius 2 is 2.22 bits per heavy atom. The fraction of sp³-hybridized carbons (Fsp3) is 0.562. The van der Waals surface area contributed by atoms with Crippen molar-refractivity contribution in [2.45, 2.75) is 26.3 Å². The van der Waals surface area contributed by atoms with Crippen LogP contribution in [0.2, 0.25) is 0 Å². The first-order valence-electron chi connectivity index (χ1n) is 7.85. The maximum atomic E-state index is 12.2. The summed E-state index contributed by atoms with van der Waals surface area (Å²) in [4.78, 5) is 13.8. The highest BCUT2D eigenvalue weighted by Crippen LogP contribution is 2.17. The first-order chi connectivity index (χ1) is 10.9. The summed E-state index contributed by atoms with van der Waals surface area (Å²) in [7, 11) is -3.00. The summed E-state index contributed by atoms with van der Waals surface area (Å²) < 4.78 is 28.7. The van der Waals surface area contributed by atoms with Gasteiger partial charge in [-0.1, -0.05) is 12.1 Å². The van der Waals surface area contributed by atoms with E-state index in [4.69, 9.17) is 4.74 Å². The van der Waals surface area contributed by atoms with E-state index < -0.39 is 9.84 Å². The molecule has 23 heavy (non-hydrogen) atoms. The third kappa shape index (κ3) is 5.13. The van der Waals surface area contributed by atoms with Gasteiger partial charge in [0.2, 0.25) is 0 Å². The Labute approximate surface area is 137 Å². The smallest absolute Gasteiger partial charge is 0.317 e. The molecule has 1 fully saturated rings. The van der Waals surface area contributed by atoms with Crippen LogP contribution in [0.1, 0.15) is 18.9 Å². The summed E-state index contributed by atoms with van der Waals surface area (Å²) in [6.45, 7) is 5.08. The van der Waals surface area contributed by atoms with Gasteiger partial charge in [-0.2, -0.15) is 0 Å². The average molecular weight is 340 g/mol. The topological polar surface area (TPSA) is 75.7 Å². The predicted molar refractivity (Wildman–Crippen MR) is 89.5 cm³/mol. The number of sulfone groups is 1. The van der Waals surface area contributed by atoms with E-state index in [1.54, 1.807) is 4.90 Å². The van der Waals surface area contributed by atoms with Crippen molar-refractivity contribution in [1.29, 1.82) is 0 Å². The molecule has 0 saturated carbocycles. The van der Waals surface area contributed by atoms with Gasteiger partial charge in [0.25, 0.3) is 0 Å². The third-order valence-electron chi connectivity index (χ3n) is 3.89. The van der Waals surface area contributed by atoms with Crippen molar-refractivity contribution >= 4 is 15.9 Å². The highest BCUT2D eigenvalue weighted by Gasteiger charge is 2.33. The van der Waals surface area contributed by atoms with Crippen LogP contribution in [-0.4, -0.2) is 56.6 Å². The van der Waals surface area contributed by atoms with Crippen LogP contribution >= 0.6 is 0 Å². The quantitative estimate of drug-likeness (QED) is 0.798. The van der Waals surface area contributed by atoms with Gasteiger partial charge >= 0.3 is 6.03 Å². The molecule has 0 spiro atoms. The predicted octanol–water partition coefficient (Wildman–Crippen LogP) is 1.59. The Kier molecular flexibility index (Phi) is 5.87. The zero-order valence-electron chi connectivity index (χ0n) is 13.6. The summed E-state index contributed by atoms with van der Waals surface area (Å²) >= 11 is 0. The lowest BCUT2D eigenvalue weighted by Crippen LogP contribution is -2.47. The molecule has 128 valence electrons. The van der Waals surface area contributed by atoms with E-state index in [1.165, 1.54) is 0 Å². The van der Waals surface area contributed by atoms with E-state index in [0.717, 1.165) is 11.3 Å². The molecule has 2 amide bonds. The summed E-state index contributed by atoms with van der Waals surface area (Å²) in [5.41, 5.74) is 1.12. The second-order valence-electron chi connectivity index (χ2n) is 5.74. The van der Waals surface area contributed by atoms with Crippen LogP contribution in [0.5, 0.6) is 5.75 Å². The Bertz CT molecular complexity index is 645.